The molecule has 0 amide bonds. The highest BCUT2D eigenvalue weighted by atomic mass is 19.1. The molecule has 2 N–H and O–H groups in total. The molecule has 1 fully saturated rings. The molecule has 2 aromatic carbocycles. The highest BCUT2D eigenvalue weighted by molar-refractivity contribution is 5.85. The Morgan fingerprint density at radius 2 is 1.82 bits per heavy atom. The van der Waals surface area contributed by atoms with Gasteiger partial charge in [0.15, 0.2) is 0 Å². The summed E-state index contributed by atoms with van der Waals surface area (Å²) < 4.78 is 13.1. The van der Waals surface area contributed by atoms with Crippen molar-refractivity contribution in [3.05, 3.63) is 54.0 Å². The molecule has 1 saturated heterocycles. The molecule has 146 valence electrons. The molecule has 6 heteroatoms. The van der Waals surface area contributed by atoms with Gasteiger partial charge in [-0.1, -0.05) is 0 Å². The molecule has 1 aliphatic heterocycles. The van der Waals surface area contributed by atoms with Crippen LogP contribution in [0.25, 0.3) is 10.9 Å². The number of likely N-dealkylation sites (tertiary alicyclic amines) is 1. The van der Waals surface area contributed by atoms with Gasteiger partial charge in [-0.05, 0) is 82.1 Å². The Hall–Kier alpha value is -2.73. The summed E-state index contributed by atoms with van der Waals surface area (Å²) >= 11 is 0. The lowest BCUT2D eigenvalue weighted by Gasteiger charge is -2.35. The quantitative estimate of drug-likeness (QED) is 0.680. The maximum atomic E-state index is 13.1. The van der Waals surface area contributed by atoms with Crippen molar-refractivity contribution in [1.82, 2.24) is 14.9 Å². The normalized spacial score (nSPS) is 16.0. The minimum atomic E-state index is -0.287. The average molecular weight is 380 g/mol. The number of piperidine rings is 1. The van der Waals surface area contributed by atoms with Gasteiger partial charge in [0.25, 0.3) is 0 Å². The smallest absolute Gasteiger partial charge is 0.227 e. The van der Waals surface area contributed by atoms with Crippen molar-refractivity contribution < 1.29 is 9.50 Å². The molecule has 0 bridgehead atoms. The van der Waals surface area contributed by atoms with E-state index in [1.807, 2.05) is 6.07 Å². The van der Waals surface area contributed by atoms with Gasteiger partial charge in [-0.15, -0.1) is 0 Å². The van der Waals surface area contributed by atoms with Crippen molar-refractivity contribution in [2.45, 2.75) is 38.6 Å². The highest BCUT2D eigenvalue weighted by Crippen LogP contribution is 2.38. The number of halogens is 1. The Morgan fingerprint density at radius 1 is 1.11 bits per heavy atom. The van der Waals surface area contributed by atoms with Crippen molar-refractivity contribution in [3.8, 4) is 5.75 Å². The lowest BCUT2D eigenvalue weighted by molar-refractivity contribution is 0.171. The summed E-state index contributed by atoms with van der Waals surface area (Å²) in [4.78, 5) is 11.5. The van der Waals surface area contributed by atoms with Gasteiger partial charge in [-0.3, -0.25) is 0 Å². The molecule has 0 spiro atoms. The van der Waals surface area contributed by atoms with Crippen molar-refractivity contribution in [2.75, 3.05) is 18.4 Å². The van der Waals surface area contributed by atoms with E-state index in [1.54, 1.807) is 24.4 Å². The molecular weight excluding hydrogens is 355 g/mol. The van der Waals surface area contributed by atoms with Gasteiger partial charge in [0.1, 0.15) is 11.6 Å². The standard InChI is InChI=1S/C22H25FN4O/c1-14(2)27-11-9-15(10-12-27)20-19(28)8-3-16-13-24-22(26-21(16)20)25-18-6-4-17(23)5-7-18/h3-8,13-15,28H,9-12H2,1-2H3,(H,24,25,26). The number of nitrogens with one attached hydrogen (secondary N) is 1. The fourth-order valence-corrected chi connectivity index (χ4v) is 3.94. The second kappa shape index (κ2) is 7.72. The molecule has 1 aromatic heterocycles. The lowest BCUT2D eigenvalue weighted by Crippen LogP contribution is -2.37. The van der Waals surface area contributed by atoms with Gasteiger partial charge < -0.3 is 15.3 Å². The molecule has 0 atom stereocenters. The van der Waals surface area contributed by atoms with Gasteiger partial charge in [-0.2, -0.15) is 0 Å². The number of hydrogen-bond donors (Lipinski definition) is 2. The number of benzene rings is 2. The summed E-state index contributed by atoms with van der Waals surface area (Å²) in [7, 11) is 0. The topological polar surface area (TPSA) is 61.3 Å². The van der Waals surface area contributed by atoms with Crippen LogP contribution in [0.1, 0.15) is 38.2 Å². The molecule has 1 aliphatic rings. The maximum absolute atomic E-state index is 13.1. The second-order valence-corrected chi connectivity index (χ2v) is 7.67. The Morgan fingerprint density at radius 3 is 2.50 bits per heavy atom. The van der Waals surface area contributed by atoms with E-state index in [0.717, 1.165) is 42.4 Å². The Labute approximate surface area is 164 Å². The second-order valence-electron chi connectivity index (χ2n) is 7.67. The maximum Gasteiger partial charge on any atom is 0.227 e. The number of aromatic hydroxyl groups is 1. The van der Waals surface area contributed by atoms with Crippen LogP contribution in [0.15, 0.2) is 42.6 Å². The van der Waals surface area contributed by atoms with E-state index in [9.17, 15) is 9.50 Å². The number of anilines is 2. The third-order valence-electron chi connectivity index (χ3n) is 5.54. The van der Waals surface area contributed by atoms with Crippen LogP contribution in [0.4, 0.5) is 16.0 Å². The molecule has 5 nitrogen and oxygen atoms in total. The summed E-state index contributed by atoms with van der Waals surface area (Å²) in [6.07, 6.45) is 3.76. The van der Waals surface area contributed by atoms with E-state index >= 15 is 0 Å². The van der Waals surface area contributed by atoms with Gasteiger partial charge in [0.2, 0.25) is 5.95 Å². The predicted octanol–water partition coefficient (Wildman–Crippen LogP) is 4.81. The number of nitrogens with zero attached hydrogens (tertiary/aromatic N) is 3. The fourth-order valence-electron chi connectivity index (χ4n) is 3.94. The molecular formula is C22H25FN4O. The summed E-state index contributed by atoms with van der Waals surface area (Å²) in [5.74, 6) is 0.713. The average Bonchev–Trinajstić information content (AvgIpc) is 2.70. The first-order valence-electron chi connectivity index (χ1n) is 9.76. The number of hydrogen-bond acceptors (Lipinski definition) is 5. The van der Waals surface area contributed by atoms with Gasteiger partial charge in [0.05, 0.1) is 5.52 Å². The van der Waals surface area contributed by atoms with Crippen LogP contribution in [0, 0.1) is 5.82 Å². The van der Waals surface area contributed by atoms with E-state index in [4.69, 9.17) is 4.98 Å². The zero-order valence-corrected chi connectivity index (χ0v) is 16.2. The summed E-state index contributed by atoms with van der Waals surface area (Å²) in [5.41, 5.74) is 2.40. The number of rotatable bonds is 4. The number of fused-ring (bicyclic) bond motifs is 1. The third-order valence-corrected chi connectivity index (χ3v) is 5.54. The minimum Gasteiger partial charge on any atom is -0.508 e. The third kappa shape index (κ3) is 3.78. The lowest BCUT2D eigenvalue weighted by atomic mass is 9.87. The van der Waals surface area contributed by atoms with Crippen LogP contribution in [-0.2, 0) is 0 Å². The number of phenolic OH excluding ortho intramolecular Hbond substituents is 1. The zero-order chi connectivity index (χ0) is 19.7. The van der Waals surface area contributed by atoms with E-state index in [1.165, 1.54) is 12.1 Å². The first-order valence-corrected chi connectivity index (χ1v) is 9.76. The molecule has 0 saturated carbocycles. The van der Waals surface area contributed by atoms with Crippen LogP contribution < -0.4 is 5.32 Å². The summed E-state index contributed by atoms with van der Waals surface area (Å²) in [5, 5.41) is 14.6. The first-order chi connectivity index (χ1) is 13.5. The SMILES string of the molecule is CC(C)N1CCC(c2c(O)ccc3cnc(Nc4ccc(F)cc4)nc23)CC1. The van der Waals surface area contributed by atoms with E-state index < -0.39 is 0 Å². The van der Waals surface area contributed by atoms with Crippen molar-refractivity contribution in [1.29, 1.82) is 0 Å². The Bertz CT molecular complexity index is 966. The molecule has 28 heavy (non-hydrogen) atoms. The van der Waals surface area contributed by atoms with E-state index in [2.05, 4.69) is 29.0 Å². The van der Waals surface area contributed by atoms with E-state index in [-0.39, 0.29) is 11.7 Å². The van der Waals surface area contributed by atoms with Crippen molar-refractivity contribution in [2.24, 2.45) is 0 Å². The van der Waals surface area contributed by atoms with Crippen molar-refractivity contribution in [3.63, 3.8) is 0 Å². The van der Waals surface area contributed by atoms with Crippen LogP contribution in [0.5, 0.6) is 5.75 Å². The molecule has 4 rings (SSSR count). The van der Waals surface area contributed by atoms with Crippen LogP contribution in [0.3, 0.4) is 0 Å². The van der Waals surface area contributed by atoms with Crippen LogP contribution >= 0.6 is 0 Å². The largest absolute Gasteiger partial charge is 0.508 e. The van der Waals surface area contributed by atoms with Crippen molar-refractivity contribution >= 4 is 22.5 Å². The number of phenols is 1. The molecule has 3 aromatic rings. The van der Waals surface area contributed by atoms with Gasteiger partial charge in [0, 0.05) is 28.9 Å². The van der Waals surface area contributed by atoms with Crippen LogP contribution in [0.2, 0.25) is 0 Å². The molecule has 0 radical (unpaired) electrons. The monoisotopic (exact) mass is 380 g/mol. The fraction of sp³-hybridized carbons (Fsp3) is 0.364. The van der Waals surface area contributed by atoms with Gasteiger partial charge >= 0.3 is 0 Å². The molecule has 2 heterocycles. The molecule has 0 unspecified atom stereocenters. The van der Waals surface area contributed by atoms with Gasteiger partial charge in [-0.25, -0.2) is 14.4 Å². The minimum absolute atomic E-state index is 0.271. The van der Waals surface area contributed by atoms with E-state index in [0.29, 0.717) is 23.4 Å². The molecule has 0 aliphatic carbocycles. The highest BCUT2D eigenvalue weighted by Gasteiger charge is 2.26. The summed E-state index contributed by atoms with van der Waals surface area (Å²) in [6, 6.07) is 10.2. The summed E-state index contributed by atoms with van der Waals surface area (Å²) in [6.45, 7) is 6.47. The number of aromatic nitrogens is 2. The predicted molar refractivity (Wildman–Crippen MR) is 110 cm³/mol. The Kier molecular flexibility index (Phi) is 5.13. The zero-order valence-electron chi connectivity index (χ0n) is 16.2. The first kappa shape index (κ1) is 18.6. The Balaban J connectivity index is 1.66. The van der Waals surface area contributed by atoms with Crippen LogP contribution in [-0.4, -0.2) is 39.1 Å².